The summed E-state index contributed by atoms with van der Waals surface area (Å²) in [7, 11) is 0. The molecule has 0 saturated carbocycles. The molecule has 1 aromatic heterocycles. The molecule has 0 radical (unpaired) electrons. The van der Waals surface area contributed by atoms with Crippen molar-refractivity contribution in [3.05, 3.63) is 18.2 Å². The highest BCUT2D eigenvalue weighted by atomic mass is 32.1. The highest BCUT2D eigenvalue weighted by molar-refractivity contribution is 7.22. The molecule has 2 amide bonds. The first kappa shape index (κ1) is 23.4. The van der Waals surface area contributed by atoms with Crippen molar-refractivity contribution in [1.82, 2.24) is 10.3 Å². The van der Waals surface area contributed by atoms with E-state index in [1.54, 1.807) is 32.9 Å². The zero-order valence-electron chi connectivity index (χ0n) is 17.7. The maximum atomic E-state index is 12.3. The highest BCUT2D eigenvalue weighted by Gasteiger charge is 2.46. The van der Waals surface area contributed by atoms with Gasteiger partial charge in [-0.1, -0.05) is 38.2 Å². The summed E-state index contributed by atoms with van der Waals surface area (Å²) in [4.78, 5) is 28.3. The van der Waals surface area contributed by atoms with Crippen molar-refractivity contribution in [3.63, 3.8) is 0 Å². The molecule has 0 unspecified atom stereocenters. The van der Waals surface area contributed by atoms with Crippen LogP contribution >= 0.6 is 11.3 Å². The molecule has 1 aliphatic rings. The zero-order valence-corrected chi connectivity index (χ0v) is 18.5. The number of fused-ring (bicyclic) bond motifs is 1. The van der Waals surface area contributed by atoms with Crippen LogP contribution in [0.2, 0.25) is 0 Å². The largest absolute Gasteiger partial charge is 0.460 e. The molecule has 1 saturated heterocycles. The minimum absolute atomic E-state index is 0.182. The predicted molar refractivity (Wildman–Crippen MR) is 114 cm³/mol. The molecular weight excluding hydrogens is 426 g/mol. The molecule has 1 fully saturated rings. The van der Waals surface area contributed by atoms with Crippen LogP contribution in [-0.2, 0) is 14.3 Å². The molecule has 170 valence electrons. The van der Waals surface area contributed by atoms with Crippen LogP contribution < -0.4 is 15.4 Å². The molecule has 31 heavy (non-hydrogen) atoms. The van der Waals surface area contributed by atoms with Crippen LogP contribution in [0.3, 0.4) is 0 Å². The molecule has 1 aromatic carbocycles. The van der Waals surface area contributed by atoms with Gasteiger partial charge in [0.05, 0.1) is 11.3 Å². The molecule has 5 N–H and O–H groups in total. The summed E-state index contributed by atoms with van der Waals surface area (Å²) >= 11 is 1.27. The Balaban J connectivity index is 1.89. The number of carbonyl (C=O) groups excluding carboxylic acids is 2. The molecular formula is C20H27N3O7S. The van der Waals surface area contributed by atoms with Gasteiger partial charge in [0.1, 0.15) is 35.6 Å². The van der Waals surface area contributed by atoms with Crippen molar-refractivity contribution in [2.75, 3.05) is 11.9 Å². The topological polar surface area (TPSA) is 150 Å². The number of hydrogen-bond acceptors (Lipinski definition) is 9. The minimum Gasteiger partial charge on any atom is -0.460 e. The second-order valence-electron chi connectivity index (χ2n) is 8.38. The Kier molecular flexibility index (Phi) is 6.82. The van der Waals surface area contributed by atoms with Crippen LogP contribution in [0.1, 0.15) is 27.7 Å². The number of carbonyl (C=O) groups is 2. The Labute approximate surface area is 183 Å². The summed E-state index contributed by atoms with van der Waals surface area (Å²) in [5.41, 5.74) is -0.127. The number of aliphatic hydroxyl groups is 3. The molecule has 0 spiro atoms. The van der Waals surface area contributed by atoms with Gasteiger partial charge in [-0.25, -0.2) is 4.98 Å². The number of nitrogens with one attached hydrogen (secondary N) is 2. The fraction of sp³-hybridized carbons (Fsp3) is 0.550. The Morgan fingerprint density at radius 3 is 2.58 bits per heavy atom. The van der Waals surface area contributed by atoms with E-state index in [4.69, 9.17) is 9.47 Å². The van der Waals surface area contributed by atoms with Crippen LogP contribution in [0.4, 0.5) is 5.13 Å². The van der Waals surface area contributed by atoms with Crippen LogP contribution in [0, 0.1) is 5.41 Å². The Morgan fingerprint density at radius 1 is 1.26 bits per heavy atom. The van der Waals surface area contributed by atoms with E-state index >= 15 is 0 Å². The lowest BCUT2D eigenvalue weighted by molar-refractivity contribution is -0.244. The Bertz CT molecular complexity index is 958. The van der Waals surface area contributed by atoms with Gasteiger partial charge in [0.15, 0.2) is 5.13 Å². The fourth-order valence-corrected chi connectivity index (χ4v) is 3.93. The van der Waals surface area contributed by atoms with E-state index < -0.39 is 48.6 Å². The van der Waals surface area contributed by atoms with Crippen molar-refractivity contribution in [3.8, 4) is 5.75 Å². The SMILES string of the molecule is CC(=O)N[C@@H]1[C@@H](Oc2cccc3sc(NC(=O)C(C)(C)C)nc23)O[C@@H](CO)[C@H](O)[C@H]1O. The molecule has 5 atom stereocenters. The van der Waals surface area contributed by atoms with Gasteiger partial charge in [0.2, 0.25) is 18.1 Å². The number of benzene rings is 1. The van der Waals surface area contributed by atoms with E-state index in [1.165, 1.54) is 18.3 Å². The van der Waals surface area contributed by atoms with Gasteiger partial charge >= 0.3 is 0 Å². The minimum atomic E-state index is -1.42. The monoisotopic (exact) mass is 453 g/mol. The van der Waals surface area contributed by atoms with E-state index in [0.29, 0.717) is 16.4 Å². The number of hydrogen-bond donors (Lipinski definition) is 5. The summed E-state index contributed by atoms with van der Waals surface area (Å²) in [6.45, 7) is 6.10. The van der Waals surface area contributed by atoms with E-state index in [2.05, 4.69) is 15.6 Å². The number of para-hydroxylation sites is 1. The maximum Gasteiger partial charge on any atom is 0.231 e. The summed E-state index contributed by atoms with van der Waals surface area (Å²) in [5.74, 6) is -0.334. The van der Waals surface area contributed by atoms with Crippen molar-refractivity contribution in [2.45, 2.75) is 58.3 Å². The Morgan fingerprint density at radius 2 is 1.97 bits per heavy atom. The molecule has 11 heteroatoms. The Hall–Kier alpha value is -2.31. The number of nitrogens with zero attached hydrogens (tertiary/aromatic N) is 1. The quantitative estimate of drug-likeness (QED) is 0.442. The number of aliphatic hydroxyl groups excluding tert-OH is 3. The summed E-state index contributed by atoms with van der Waals surface area (Å²) in [6, 6.07) is 4.10. The molecule has 0 bridgehead atoms. The molecule has 10 nitrogen and oxygen atoms in total. The second-order valence-corrected chi connectivity index (χ2v) is 9.41. The third-order valence-electron chi connectivity index (χ3n) is 4.78. The standard InChI is InChI=1S/C20H27N3O7S/c1-9(25)21-14-16(27)15(26)11(8-24)30-17(14)29-10-6-5-7-12-13(10)22-19(31-12)23-18(28)20(2,3)4/h5-7,11,14-17,24,26-27H,8H2,1-4H3,(H,21,25)(H,22,23,28)/t11-,14-,15-,16-,17-/m0/s1. The van der Waals surface area contributed by atoms with E-state index in [9.17, 15) is 24.9 Å². The van der Waals surface area contributed by atoms with Gasteiger partial charge in [-0.3, -0.25) is 9.59 Å². The van der Waals surface area contributed by atoms with Crippen LogP contribution in [-0.4, -0.2) is 69.4 Å². The number of amides is 2. The average molecular weight is 454 g/mol. The first-order valence-electron chi connectivity index (χ1n) is 9.78. The summed E-state index contributed by atoms with van der Waals surface area (Å²) < 4.78 is 12.3. The third-order valence-corrected chi connectivity index (χ3v) is 5.71. The number of aromatic nitrogens is 1. The van der Waals surface area contributed by atoms with Gasteiger partial charge in [0.25, 0.3) is 0 Å². The number of rotatable bonds is 5. The van der Waals surface area contributed by atoms with Gasteiger partial charge in [-0.05, 0) is 12.1 Å². The van der Waals surface area contributed by atoms with E-state index in [-0.39, 0.29) is 5.91 Å². The first-order chi connectivity index (χ1) is 14.5. The van der Waals surface area contributed by atoms with Crippen molar-refractivity contribution in [2.24, 2.45) is 5.41 Å². The van der Waals surface area contributed by atoms with E-state index in [1.807, 2.05) is 6.07 Å². The lowest BCUT2D eigenvalue weighted by atomic mass is 9.96. The lowest BCUT2D eigenvalue weighted by Gasteiger charge is -2.42. The second kappa shape index (κ2) is 9.05. The average Bonchev–Trinajstić information content (AvgIpc) is 3.10. The molecule has 2 heterocycles. The lowest BCUT2D eigenvalue weighted by Crippen LogP contribution is -2.65. The fourth-order valence-electron chi connectivity index (χ4n) is 3.05. The number of anilines is 1. The van der Waals surface area contributed by atoms with Gasteiger partial charge in [-0.15, -0.1) is 0 Å². The van der Waals surface area contributed by atoms with Gasteiger partial charge in [-0.2, -0.15) is 0 Å². The van der Waals surface area contributed by atoms with Crippen LogP contribution in [0.25, 0.3) is 10.2 Å². The van der Waals surface area contributed by atoms with Crippen LogP contribution in [0.15, 0.2) is 18.2 Å². The van der Waals surface area contributed by atoms with E-state index in [0.717, 1.165) is 4.70 Å². The zero-order chi connectivity index (χ0) is 22.9. The van der Waals surface area contributed by atoms with Crippen molar-refractivity contribution in [1.29, 1.82) is 0 Å². The predicted octanol–water partition coefficient (Wildman–Crippen LogP) is 0.603. The highest BCUT2D eigenvalue weighted by Crippen LogP contribution is 2.35. The van der Waals surface area contributed by atoms with Crippen molar-refractivity contribution >= 4 is 38.5 Å². The normalized spacial score (nSPS) is 26.5. The molecule has 1 aliphatic heterocycles. The summed E-state index contributed by atoms with van der Waals surface area (Å²) in [6.07, 6.45) is -5.12. The summed E-state index contributed by atoms with van der Waals surface area (Å²) in [5, 5.41) is 35.7. The van der Waals surface area contributed by atoms with Crippen molar-refractivity contribution < 1.29 is 34.4 Å². The van der Waals surface area contributed by atoms with Gasteiger partial charge in [0, 0.05) is 12.3 Å². The smallest absolute Gasteiger partial charge is 0.231 e. The third kappa shape index (κ3) is 5.13. The number of thiazole rings is 1. The molecule has 2 aromatic rings. The van der Waals surface area contributed by atoms with Crippen LogP contribution in [0.5, 0.6) is 5.75 Å². The van der Waals surface area contributed by atoms with Gasteiger partial charge < -0.3 is 35.4 Å². The first-order valence-corrected chi connectivity index (χ1v) is 10.6. The molecule has 0 aliphatic carbocycles. The number of ether oxygens (including phenoxy) is 2. The maximum absolute atomic E-state index is 12.3. The molecule has 3 rings (SSSR count).